The highest BCUT2D eigenvalue weighted by Crippen LogP contribution is 2.64. The molecule has 124 valence electrons. The van der Waals surface area contributed by atoms with E-state index in [1.807, 2.05) is 0 Å². The predicted molar refractivity (Wildman–Crippen MR) is 89.4 cm³/mol. The highest BCUT2D eigenvalue weighted by Gasteiger charge is 2.58. The Labute approximate surface area is 135 Å². The fraction of sp³-hybridized carbons (Fsp3) is 0.850. The Kier molecular flexibility index (Phi) is 4.04. The van der Waals surface area contributed by atoms with E-state index in [4.69, 9.17) is 0 Å². The minimum Gasteiger partial charge on any atom is -0.396 e. The molecule has 0 aliphatic heterocycles. The van der Waals surface area contributed by atoms with Crippen LogP contribution in [0.1, 0.15) is 65.7 Å². The molecule has 6 atom stereocenters. The van der Waals surface area contributed by atoms with Crippen LogP contribution in [0.25, 0.3) is 0 Å². The zero-order chi connectivity index (χ0) is 16.1. The number of Topliss-reactive ketones (excluding diaryl/α,β-unsaturated/α-hetero) is 1. The van der Waals surface area contributed by atoms with Gasteiger partial charge in [-0.1, -0.05) is 33.8 Å². The zero-order valence-corrected chi connectivity index (χ0v) is 14.5. The molecule has 1 N–H and O–H groups in total. The molecule has 0 spiro atoms. The van der Waals surface area contributed by atoms with Gasteiger partial charge in [-0.2, -0.15) is 0 Å². The fourth-order valence-corrected chi connectivity index (χ4v) is 6.38. The van der Waals surface area contributed by atoms with Gasteiger partial charge in [0.2, 0.25) is 0 Å². The number of hydrogen-bond donors (Lipinski definition) is 1. The number of aliphatic hydroxyl groups is 1. The summed E-state index contributed by atoms with van der Waals surface area (Å²) < 4.78 is 0. The molecule has 5 unspecified atom stereocenters. The average molecular weight is 304 g/mol. The van der Waals surface area contributed by atoms with Crippen LogP contribution in [0.15, 0.2) is 12.2 Å². The Balaban J connectivity index is 1.96. The van der Waals surface area contributed by atoms with E-state index in [9.17, 15) is 9.90 Å². The van der Waals surface area contributed by atoms with E-state index < -0.39 is 0 Å². The number of carbonyl (C=O) groups is 1. The van der Waals surface area contributed by atoms with Gasteiger partial charge in [0.05, 0.1) is 0 Å². The van der Waals surface area contributed by atoms with E-state index in [1.54, 1.807) is 0 Å². The molecule has 2 heteroatoms. The molecule has 0 aromatic carbocycles. The minimum absolute atomic E-state index is 0.0528. The van der Waals surface area contributed by atoms with E-state index in [0.717, 1.165) is 37.7 Å². The van der Waals surface area contributed by atoms with Crippen molar-refractivity contribution in [2.45, 2.75) is 65.7 Å². The molecule has 2 nitrogen and oxygen atoms in total. The number of ketones is 1. The highest BCUT2D eigenvalue weighted by atomic mass is 16.3. The average Bonchev–Trinajstić information content (AvgIpc) is 2.50. The summed E-state index contributed by atoms with van der Waals surface area (Å²) in [7, 11) is 0. The lowest BCUT2D eigenvalue weighted by Crippen LogP contribution is -2.56. The van der Waals surface area contributed by atoms with Crippen LogP contribution in [0.3, 0.4) is 0 Å². The number of allylic oxidation sites excluding steroid dienone is 1. The van der Waals surface area contributed by atoms with Crippen LogP contribution in [-0.2, 0) is 4.79 Å². The first kappa shape index (κ1) is 16.2. The number of carbonyl (C=O) groups excluding carboxylic acids is 1. The smallest absolute Gasteiger partial charge is 0.161 e. The van der Waals surface area contributed by atoms with Gasteiger partial charge in [-0.05, 0) is 72.7 Å². The molecule has 3 saturated carbocycles. The lowest BCUT2D eigenvalue weighted by molar-refractivity contribution is -0.149. The Morgan fingerprint density at radius 2 is 2.00 bits per heavy atom. The molecular weight excluding hydrogens is 272 g/mol. The van der Waals surface area contributed by atoms with E-state index in [0.29, 0.717) is 30.1 Å². The maximum absolute atomic E-state index is 12.8. The third-order valence-corrected chi connectivity index (χ3v) is 7.74. The lowest BCUT2D eigenvalue weighted by atomic mass is 9.43. The van der Waals surface area contributed by atoms with E-state index in [-0.39, 0.29) is 16.7 Å². The normalized spacial score (nSPS) is 48.7. The summed E-state index contributed by atoms with van der Waals surface area (Å²) >= 11 is 0. The van der Waals surface area contributed by atoms with Crippen LogP contribution in [0.2, 0.25) is 0 Å². The van der Waals surface area contributed by atoms with Gasteiger partial charge in [0.15, 0.2) is 5.78 Å². The van der Waals surface area contributed by atoms with Gasteiger partial charge in [0.25, 0.3) is 0 Å². The number of hydrogen-bond acceptors (Lipinski definition) is 2. The molecule has 3 aliphatic rings. The lowest BCUT2D eigenvalue weighted by Gasteiger charge is -2.61. The van der Waals surface area contributed by atoms with Crippen molar-refractivity contribution in [3.8, 4) is 0 Å². The Morgan fingerprint density at radius 1 is 1.27 bits per heavy atom. The van der Waals surface area contributed by atoms with Crippen LogP contribution in [0, 0.1) is 34.5 Å². The molecule has 3 fully saturated rings. The quantitative estimate of drug-likeness (QED) is 0.769. The summed E-state index contributed by atoms with van der Waals surface area (Å²) in [4.78, 5) is 12.8. The standard InChI is InChI=1S/C20H32O2/c1-5-14-11-16-15(18(22)13(14)2)7-8-17-19(3,12-21)9-6-10-20(16,17)4/h14-17,21H,2,5-12H2,1,3-4H3/t14-,15?,16?,17?,19?,20?/m0/s1. The summed E-state index contributed by atoms with van der Waals surface area (Å²) in [5.41, 5.74) is 1.17. The van der Waals surface area contributed by atoms with Gasteiger partial charge < -0.3 is 5.11 Å². The number of fused-ring (bicyclic) bond motifs is 3. The maximum Gasteiger partial charge on any atom is 0.161 e. The molecule has 22 heavy (non-hydrogen) atoms. The molecule has 3 aliphatic carbocycles. The van der Waals surface area contributed by atoms with Gasteiger partial charge in [0, 0.05) is 12.5 Å². The second kappa shape index (κ2) is 5.47. The second-order valence-corrected chi connectivity index (χ2v) is 8.74. The molecule has 0 heterocycles. The monoisotopic (exact) mass is 304 g/mol. The predicted octanol–water partition coefficient (Wildman–Crippen LogP) is 4.37. The van der Waals surface area contributed by atoms with E-state index in [2.05, 4.69) is 27.4 Å². The maximum atomic E-state index is 12.8. The van der Waals surface area contributed by atoms with Crippen molar-refractivity contribution in [1.29, 1.82) is 0 Å². The third-order valence-electron chi connectivity index (χ3n) is 7.74. The van der Waals surface area contributed by atoms with Crippen LogP contribution in [0.4, 0.5) is 0 Å². The molecule has 0 aromatic heterocycles. The topological polar surface area (TPSA) is 37.3 Å². The van der Waals surface area contributed by atoms with Crippen LogP contribution in [-0.4, -0.2) is 17.5 Å². The molecule has 0 aromatic rings. The van der Waals surface area contributed by atoms with Gasteiger partial charge in [-0.3, -0.25) is 4.79 Å². The molecule has 0 radical (unpaired) electrons. The third kappa shape index (κ3) is 2.13. The summed E-state index contributed by atoms with van der Waals surface area (Å²) in [6, 6.07) is 0. The van der Waals surface area contributed by atoms with E-state index in [1.165, 1.54) is 12.8 Å². The summed E-state index contributed by atoms with van der Waals surface area (Å²) in [5.74, 6) is 2.01. The molecule has 3 rings (SSSR count). The molecule has 0 amide bonds. The molecule has 0 bridgehead atoms. The number of rotatable bonds is 2. The summed E-state index contributed by atoms with van der Waals surface area (Å²) in [5, 5.41) is 10.0. The van der Waals surface area contributed by atoms with Gasteiger partial charge in [-0.15, -0.1) is 0 Å². The van der Waals surface area contributed by atoms with Crippen molar-refractivity contribution >= 4 is 5.78 Å². The summed E-state index contributed by atoms with van der Waals surface area (Å²) in [6.07, 6.45) is 7.84. The van der Waals surface area contributed by atoms with Crippen molar-refractivity contribution in [3.63, 3.8) is 0 Å². The van der Waals surface area contributed by atoms with Crippen molar-refractivity contribution in [2.24, 2.45) is 34.5 Å². The van der Waals surface area contributed by atoms with Crippen molar-refractivity contribution < 1.29 is 9.90 Å². The van der Waals surface area contributed by atoms with Gasteiger partial charge >= 0.3 is 0 Å². The first-order valence-corrected chi connectivity index (χ1v) is 9.21. The van der Waals surface area contributed by atoms with Crippen molar-refractivity contribution in [3.05, 3.63) is 12.2 Å². The highest BCUT2D eigenvalue weighted by molar-refractivity contribution is 5.98. The first-order chi connectivity index (χ1) is 10.4. The van der Waals surface area contributed by atoms with Crippen LogP contribution >= 0.6 is 0 Å². The van der Waals surface area contributed by atoms with Crippen molar-refractivity contribution in [1.82, 2.24) is 0 Å². The van der Waals surface area contributed by atoms with Gasteiger partial charge in [0.1, 0.15) is 0 Å². The molecule has 0 saturated heterocycles. The fourth-order valence-electron chi connectivity index (χ4n) is 6.38. The Hall–Kier alpha value is -0.630. The second-order valence-electron chi connectivity index (χ2n) is 8.74. The summed E-state index contributed by atoms with van der Waals surface area (Å²) in [6.45, 7) is 11.3. The SMILES string of the molecule is C=C1C(=O)C2CCC3C(C)(CO)CCCC3(C)C2C[C@@H]1CC. The Bertz CT molecular complexity index is 482. The minimum atomic E-state index is 0.0528. The zero-order valence-electron chi connectivity index (χ0n) is 14.5. The van der Waals surface area contributed by atoms with Crippen LogP contribution in [0.5, 0.6) is 0 Å². The molecular formula is C20H32O2. The number of aliphatic hydroxyl groups excluding tert-OH is 1. The largest absolute Gasteiger partial charge is 0.396 e. The Morgan fingerprint density at radius 3 is 2.64 bits per heavy atom. The van der Waals surface area contributed by atoms with Crippen molar-refractivity contribution in [2.75, 3.05) is 6.61 Å². The van der Waals surface area contributed by atoms with Crippen LogP contribution < -0.4 is 0 Å². The van der Waals surface area contributed by atoms with E-state index >= 15 is 0 Å². The van der Waals surface area contributed by atoms with Gasteiger partial charge in [-0.25, -0.2) is 0 Å². The first-order valence-electron chi connectivity index (χ1n) is 9.21.